The Labute approximate surface area is 301 Å². The molecular weight excluding hydrogens is 688 g/mol. The molecule has 0 unspecified atom stereocenters. The van der Waals surface area contributed by atoms with E-state index >= 15 is 4.39 Å². The fourth-order valence-electron chi connectivity index (χ4n) is 4.77. The summed E-state index contributed by atoms with van der Waals surface area (Å²) in [6, 6.07) is 11.5. The second kappa shape index (κ2) is 20.1. The maximum Gasteiger partial charge on any atom is 0.407 e. The number of alkyl carbamates (subject to hydrolysis) is 1. The number of carboxylic acids is 1. The van der Waals surface area contributed by atoms with Gasteiger partial charge in [0.1, 0.15) is 27.2 Å². The Balaban J connectivity index is 1.65. The molecule has 1 aliphatic heterocycles. The summed E-state index contributed by atoms with van der Waals surface area (Å²) < 4.78 is 45.8. The highest BCUT2D eigenvalue weighted by Gasteiger charge is 2.50. The minimum atomic E-state index is -1.21. The van der Waals surface area contributed by atoms with Crippen LogP contribution in [0.3, 0.4) is 0 Å². The molecule has 0 spiro atoms. The molecule has 1 atom stereocenters. The number of aliphatic carboxylic acids is 1. The number of nitrogens with zero attached hydrogens (tertiary/aromatic N) is 4. The van der Waals surface area contributed by atoms with Crippen LogP contribution in [-0.2, 0) is 28.7 Å². The number of halogens is 2. The maximum atomic E-state index is 15.0. The number of hydroxylamine groups is 2. The second-order valence-corrected chi connectivity index (χ2v) is 13.7. The average molecular weight is 736 g/mol. The summed E-state index contributed by atoms with van der Waals surface area (Å²) in [6.45, 7) is 7.81. The lowest BCUT2D eigenvalue weighted by Crippen LogP contribution is -2.47. The zero-order valence-electron chi connectivity index (χ0n) is 29.6. The summed E-state index contributed by atoms with van der Waals surface area (Å²) >= 11 is 1.11. The van der Waals surface area contributed by atoms with E-state index in [4.69, 9.17) is 24.2 Å². The number of benzene rings is 2. The zero-order valence-corrected chi connectivity index (χ0v) is 30.4. The van der Waals surface area contributed by atoms with Crippen LogP contribution in [-0.4, -0.2) is 116 Å². The molecule has 0 radical (unpaired) electrons. The summed E-state index contributed by atoms with van der Waals surface area (Å²) in [5.74, 6) is -2.35. The van der Waals surface area contributed by atoms with Crippen LogP contribution in [0.2, 0.25) is 0 Å². The smallest absolute Gasteiger partial charge is 0.407 e. The molecule has 0 aromatic heterocycles. The minimum Gasteiger partial charge on any atom is -0.478 e. The van der Waals surface area contributed by atoms with E-state index in [9.17, 15) is 18.8 Å². The van der Waals surface area contributed by atoms with Crippen molar-refractivity contribution in [3.8, 4) is 0 Å². The van der Waals surface area contributed by atoms with E-state index in [0.717, 1.165) is 41.1 Å². The molecule has 2 aromatic carbocycles. The van der Waals surface area contributed by atoms with Crippen LogP contribution in [0, 0.1) is 11.6 Å². The highest BCUT2D eigenvalue weighted by atomic mass is 32.2. The Morgan fingerprint density at radius 2 is 1.71 bits per heavy atom. The van der Waals surface area contributed by atoms with Gasteiger partial charge in [-0.1, -0.05) is 48.2 Å². The number of amides is 3. The van der Waals surface area contributed by atoms with Gasteiger partial charge in [0.15, 0.2) is 0 Å². The number of hydrogen-bond donors (Lipinski definition) is 2. The number of hydrogen-bond acceptors (Lipinski definition) is 10. The maximum absolute atomic E-state index is 15.0. The first-order valence-electron chi connectivity index (χ1n) is 16.4. The second-order valence-electron chi connectivity index (χ2n) is 12.5. The molecule has 3 amide bonds. The number of ether oxygens (including phenoxy) is 3. The number of carbonyl (C=O) groups is 3. The molecule has 16 heteroatoms. The van der Waals surface area contributed by atoms with E-state index < -0.39 is 40.2 Å². The molecular formula is C35H47F2N5O8S. The number of carboxylic acid groups (broad SMARTS) is 1. The largest absolute Gasteiger partial charge is 0.478 e. The van der Waals surface area contributed by atoms with Gasteiger partial charge < -0.3 is 29.5 Å². The number of nitrogens with one attached hydrogen (secondary N) is 1. The minimum absolute atomic E-state index is 0.0229. The first-order chi connectivity index (χ1) is 24.2. The number of hydrazone groups is 1. The normalized spacial score (nSPS) is 16.1. The first-order valence-corrected chi connectivity index (χ1v) is 17.2. The topological polar surface area (TPSA) is 142 Å². The average Bonchev–Trinajstić information content (AvgIpc) is 3.46. The highest BCUT2D eigenvalue weighted by Crippen LogP contribution is 2.51. The highest BCUT2D eigenvalue weighted by molar-refractivity contribution is 8.15. The molecule has 3 rings (SSSR count). The molecule has 0 saturated carbocycles. The fraction of sp³-hybridized carbons (Fsp3) is 0.486. The number of rotatable bonds is 19. The summed E-state index contributed by atoms with van der Waals surface area (Å²) in [4.78, 5) is 43.2. The van der Waals surface area contributed by atoms with E-state index in [0.29, 0.717) is 38.3 Å². The first kappa shape index (κ1) is 41.3. The molecule has 2 N–H and O–H groups in total. The van der Waals surface area contributed by atoms with Crippen LogP contribution in [0.25, 0.3) is 0 Å². The van der Waals surface area contributed by atoms with Crippen molar-refractivity contribution < 1.29 is 47.3 Å². The standard InChI is InChI=1S/C35H47F2N5O8S/c1-34(2,3)50-32(45)38-17-10-16-35(26-11-7-6-8-12-26)42(39-31(51-35)28-25-27(36)14-15-29(28)37)33(46)41(5)49-24-23-48-22-21-47-20-19-40(4)18-9-13-30(43)44/h6-9,11-15,25H,10,16-24H2,1-5H3,(H,38,45)(H,43,44)/b13-9+/t35-/m0/s1. The van der Waals surface area contributed by atoms with Crippen LogP contribution in [0.1, 0.15) is 44.7 Å². The lowest BCUT2D eigenvalue weighted by atomic mass is 10.0. The molecule has 1 aliphatic rings. The molecule has 0 fully saturated rings. The summed E-state index contributed by atoms with van der Waals surface area (Å²) in [5.41, 5.74) is -0.0951. The quantitative estimate of drug-likeness (QED) is 0.109. The van der Waals surface area contributed by atoms with E-state index in [-0.39, 0.29) is 43.4 Å². The Hall–Kier alpha value is -4.09. The molecule has 51 heavy (non-hydrogen) atoms. The molecule has 0 bridgehead atoms. The van der Waals surface area contributed by atoms with Crippen LogP contribution in [0.4, 0.5) is 18.4 Å². The van der Waals surface area contributed by atoms with Gasteiger partial charge in [0.25, 0.3) is 0 Å². The zero-order chi connectivity index (χ0) is 37.4. The number of carbonyl (C=O) groups excluding carboxylic acids is 2. The van der Waals surface area contributed by atoms with Crippen molar-refractivity contribution in [3.63, 3.8) is 0 Å². The van der Waals surface area contributed by atoms with Crippen LogP contribution in [0.5, 0.6) is 0 Å². The van der Waals surface area contributed by atoms with Crippen molar-refractivity contribution in [1.29, 1.82) is 0 Å². The van der Waals surface area contributed by atoms with Gasteiger partial charge >= 0.3 is 18.1 Å². The Bertz CT molecular complexity index is 1510. The van der Waals surface area contributed by atoms with Gasteiger partial charge in [0, 0.05) is 38.3 Å². The SMILES string of the molecule is CN(C/C=C/C(=O)O)CCOCCOCCON(C)C(=O)N1N=C(c2cc(F)ccc2F)S[C@@]1(CCCNC(=O)OC(C)(C)C)c1ccccc1. The summed E-state index contributed by atoms with van der Waals surface area (Å²) in [6.07, 6.45) is 2.70. The van der Waals surface area contributed by atoms with Gasteiger partial charge in [-0.2, -0.15) is 10.1 Å². The van der Waals surface area contributed by atoms with Gasteiger partial charge in [0.2, 0.25) is 0 Å². The van der Waals surface area contributed by atoms with Gasteiger partial charge in [-0.15, -0.1) is 0 Å². The third-order valence-electron chi connectivity index (χ3n) is 7.17. The van der Waals surface area contributed by atoms with Crippen LogP contribution in [0.15, 0.2) is 65.8 Å². The molecule has 13 nitrogen and oxygen atoms in total. The van der Waals surface area contributed by atoms with Crippen molar-refractivity contribution in [1.82, 2.24) is 20.3 Å². The van der Waals surface area contributed by atoms with Crippen molar-refractivity contribution in [2.75, 3.05) is 66.8 Å². The Morgan fingerprint density at radius 1 is 1.02 bits per heavy atom. The molecule has 2 aromatic rings. The Kier molecular flexibility index (Phi) is 16.3. The fourth-order valence-corrected chi connectivity index (χ4v) is 6.18. The van der Waals surface area contributed by atoms with Crippen molar-refractivity contribution in [3.05, 3.63) is 83.4 Å². The van der Waals surface area contributed by atoms with Crippen molar-refractivity contribution >= 4 is 34.9 Å². The molecule has 0 saturated heterocycles. The summed E-state index contributed by atoms with van der Waals surface area (Å²) in [7, 11) is 3.27. The predicted molar refractivity (Wildman–Crippen MR) is 189 cm³/mol. The van der Waals surface area contributed by atoms with Gasteiger partial charge in [0.05, 0.1) is 33.0 Å². The third-order valence-corrected chi connectivity index (χ3v) is 8.62. The van der Waals surface area contributed by atoms with E-state index in [1.54, 1.807) is 39.0 Å². The van der Waals surface area contributed by atoms with E-state index in [1.807, 2.05) is 30.1 Å². The predicted octanol–water partition coefficient (Wildman–Crippen LogP) is 5.42. The number of likely N-dealkylation sites (N-methyl/N-ethyl adjacent to an activating group) is 1. The van der Waals surface area contributed by atoms with Crippen LogP contribution < -0.4 is 5.32 Å². The summed E-state index contributed by atoms with van der Waals surface area (Å²) in [5, 5.41) is 18.2. The Morgan fingerprint density at radius 3 is 2.39 bits per heavy atom. The molecule has 0 aliphatic carbocycles. The number of urea groups is 1. The molecule has 280 valence electrons. The van der Waals surface area contributed by atoms with Gasteiger partial charge in [-0.05, 0) is 64.4 Å². The monoisotopic (exact) mass is 735 g/mol. The van der Waals surface area contributed by atoms with Gasteiger partial charge in [-0.3, -0.25) is 4.84 Å². The molecule has 1 heterocycles. The van der Waals surface area contributed by atoms with Crippen molar-refractivity contribution in [2.45, 2.75) is 44.1 Å². The van der Waals surface area contributed by atoms with Gasteiger partial charge in [-0.25, -0.2) is 28.2 Å². The third kappa shape index (κ3) is 13.5. The van der Waals surface area contributed by atoms with E-state index in [1.165, 1.54) is 12.1 Å². The van der Waals surface area contributed by atoms with Crippen LogP contribution >= 0.6 is 11.8 Å². The lowest BCUT2D eigenvalue weighted by molar-refractivity contribution is -0.131. The lowest BCUT2D eigenvalue weighted by Gasteiger charge is -2.37. The van der Waals surface area contributed by atoms with Crippen molar-refractivity contribution in [2.24, 2.45) is 5.10 Å². The number of thioether (sulfide) groups is 1. The van der Waals surface area contributed by atoms with E-state index in [2.05, 4.69) is 10.4 Å².